The summed E-state index contributed by atoms with van der Waals surface area (Å²) in [4.78, 5) is 17.6. The number of anilines is 1. The van der Waals surface area contributed by atoms with Gasteiger partial charge in [0.05, 0.1) is 0 Å². The van der Waals surface area contributed by atoms with E-state index in [0.29, 0.717) is 12.3 Å². The Balaban J connectivity index is 1.78. The van der Waals surface area contributed by atoms with Crippen molar-refractivity contribution in [1.29, 1.82) is 0 Å². The zero-order valence-corrected chi connectivity index (χ0v) is 11.0. The molecule has 2 fully saturated rings. The standard InChI is InChI=1S/C12H17N3O2S/c16-11(17)9-6-3-7-15(9)12-13-10(14-18-12)8-4-1-2-5-8/h8-9H,1-7H2,(H,16,17). The lowest BCUT2D eigenvalue weighted by molar-refractivity contribution is -0.138. The Morgan fingerprint density at radius 3 is 2.78 bits per heavy atom. The Bertz CT molecular complexity index is 442. The fourth-order valence-corrected chi connectivity index (χ4v) is 3.77. The Morgan fingerprint density at radius 1 is 1.28 bits per heavy atom. The van der Waals surface area contributed by atoms with Gasteiger partial charge >= 0.3 is 5.97 Å². The van der Waals surface area contributed by atoms with Crippen molar-refractivity contribution in [3.8, 4) is 0 Å². The number of nitrogens with zero attached hydrogens (tertiary/aromatic N) is 3. The van der Waals surface area contributed by atoms with Crippen molar-refractivity contribution < 1.29 is 9.90 Å². The summed E-state index contributed by atoms with van der Waals surface area (Å²) >= 11 is 1.36. The van der Waals surface area contributed by atoms with Gasteiger partial charge in [0.15, 0.2) is 0 Å². The zero-order chi connectivity index (χ0) is 12.5. The Kier molecular flexibility index (Phi) is 3.20. The zero-order valence-electron chi connectivity index (χ0n) is 10.2. The van der Waals surface area contributed by atoms with Crippen LogP contribution in [0.2, 0.25) is 0 Å². The predicted molar refractivity (Wildman–Crippen MR) is 69.1 cm³/mol. The minimum Gasteiger partial charge on any atom is -0.480 e. The number of carboxylic acids is 1. The van der Waals surface area contributed by atoms with E-state index in [2.05, 4.69) is 9.36 Å². The quantitative estimate of drug-likeness (QED) is 0.909. The second-order valence-corrected chi connectivity index (χ2v) is 5.84. The van der Waals surface area contributed by atoms with Crippen LogP contribution in [0.3, 0.4) is 0 Å². The third-order valence-electron chi connectivity index (χ3n) is 3.93. The van der Waals surface area contributed by atoms with Crippen LogP contribution in [0.25, 0.3) is 0 Å². The van der Waals surface area contributed by atoms with E-state index in [1.165, 1.54) is 37.2 Å². The van der Waals surface area contributed by atoms with Crippen LogP contribution in [-0.2, 0) is 4.79 Å². The molecule has 1 unspecified atom stereocenters. The molecule has 5 nitrogen and oxygen atoms in total. The van der Waals surface area contributed by atoms with Gasteiger partial charge in [0.1, 0.15) is 11.9 Å². The normalized spacial score (nSPS) is 24.9. The van der Waals surface area contributed by atoms with Crippen LogP contribution >= 0.6 is 11.5 Å². The molecule has 0 amide bonds. The SMILES string of the molecule is O=C(O)C1CCCN1c1nc(C2CCCC2)ns1. The minimum absolute atomic E-state index is 0.408. The van der Waals surface area contributed by atoms with Gasteiger partial charge in [-0.05, 0) is 25.7 Å². The van der Waals surface area contributed by atoms with Crippen LogP contribution in [0.1, 0.15) is 50.3 Å². The van der Waals surface area contributed by atoms with Crippen molar-refractivity contribution in [2.75, 3.05) is 11.4 Å². The molecule has 3 rings (SSSR count). The largest absolute Gasteiger partial charge is 0.480 e. The van der Waals surface area contributed by atoms with Gasteiger partial charge in [0.25, 0.3) is 0 Å². The van der Waals surface area contributed by atoms with Crippen LogP contribution in [-0.4, -0.2) is 33.0 Å². The highest BCUT2D eigenvalue weighted by atomic mass is 32.1. The third kappa shape index (κ3) is 2.09. The molecule has 1 atom stereocenters. The first-order valence-corrected chi connectivity index (χ1v) is 7.36. The smallest absolute Gasteiger partial charge is 0.326 e. The lowest BCUT2D eigenvalue weighted by Crippen LogP contribution is -2.35. The number of hydrogen-bond acceptors (Lipinski definition) is 5. The lowest BCUT2D eigenvalue weighted by Gasteiger charge is -2.19. The van der Waals surface area contributed by atoms with Gasteiger partial charge in [0, 0.05) is 24.0 Å². The molecule has 0 bridgehead atoms. The van der Waals surface area contributed by atoms with Gasteiger partial charge in [-0.25, -0.2) is 9.78 Å². The van der Waals surface area contributed by atoms with Crippen molar-refractivity contribution in [3.05, 3.63) is 5.82 Å². The van der Waals surface area contributed by atoms with E-state index in [1.807, 2.05) is 4.90 Å². The Labute approximate surface area is 110 Å². The van der Waals surface area contributed by atoms with E-state index < -0.39 is 12.0 Å². The van der Waals surface area contributed by atoms with E-state index in [1.54, 1.807) is 0 Å². The summed E-state index contributed by atoms with van der Waals surface area (Å²) in [5.74, 6) is 0.689. The maximum absolute atomic E-state index is 11.2. The average molecular weight is 267 g/mol. The molecule has 98 valence electrons. The molecule has 2 heterocycles. The first-order chi connectivity index (χ1) is 8.75. The number of hydrogen-bond donors (Lipinski definition) is 1. The van der Waals surface area contributed by atoms with Crippen molar-refractivity contribution in [2.45, 2.75) is 50.5 Å². The molecule has 1 aliphatic heterocycles. The van der Waals surface area contributed by atoms with Gasteiger partial charge in [-0.2, -0.15) is 4.37 Å². The summed E-state index contributed by atoms with van der Waals surface area (Å²) in [5, 5.41) is 9.97. The molecule has 1 saturated carbocycles. The van der Waals surface area contributed by atoms with E-state index in [-0.39, 0.29) is 0 Å². The third-order valence-corrected chi connectivity index (χ3v) is 4.70. The van der Waals surface area contributed by atoms with Crippen LogP contribution < -0.4 is 4.90 Å². The van der Waals surface area contributed by atoms with Crippen LogP contribution in [0, 0.1) is 0 Å². The highest BCUT2D eigenvalue weighted by Gasteiger charge is 2.33. The maximum Gasteiger partial charge on any atom is 0.326 e. The molecule has 0 spiro atoms. The van der Waals surface area contributed by atoms with Crippen molar-refractivity contribution in [2.24, 2.45) is 0 Å². The topological polar surface area (TPSA) is 66.3 Å². The van der Waals surface area contributed by atoms with E-state index >= 15 is 0 Å². The molecule has 6 heteroatoms. The first kappa shape index (κ1) is 11.9. The van der Waals surface area contributed by atoms with Gasteiger partial charge in [-0.3, -0.25) is 0 Å². The first-order valence-electron chi connectivity index (χ1n) is 6.59. The fraction of sp³-hybridized carbons (Fsp3) is 0.750. The number of aliphatic carboxylic acids is 1. The summed E-state index contributed by atoms with van der Waals surface area (Å²) in [6, 6.07) is -0.408. The van der Waals surface area contributed by atoms with Crippen LogP contribution in [0.15, 0.2) is 0 Å². The van der Waals surface area contributed by atoms with E-state index in [0.717, 1.165) is 23.9 Å². The van der Waals surface area contributed by atoms with Gasteiger partial charge in [-0.15, -0.1) is 0 Å². The predicted octanol–water partition coefficient (Wildman–Crippen LogP) is 2.25. The summed E-state index contributed by atoms with van der Waals surface area (Å²) in [6.07, 6.45) is 6.53. The highest BCUT2D eigenvalue weighted by Crippen LogP contribution is 2.35. The molecule has 1 N–H and O–H groups in total. The average Bonchev–Trinajstić information content (AvgIpc) is 3.10. The molecule has 0 radical (unpaired) electrons. The van der Waals surface area contributed by atoms with Gasteiger partial charge in [0.2, 0.25) is 5.13 Å². The Morgan fingerprint density at radius 2 is 2.06 bits per heavy atom. The second-order valence-electron chi connectivity index (χ2n) is 5.11. The molecular formula is C12H17N3O2S. The minimum atomic E-state index is -0.745. The van der Waals surface area contributed by atoms with Gasteiger partial charge in [-0.1, -0.05) is 12.8 Å². The van der Waals surface area contributed by atoms with Crippen molar-refractivity contribution >= 4 is 22.6 Å². The number of aromatic nitrogens is 2. The molecule has 1 aliphatic carbocycles. The number of carboxylic acid groups (broad SMARTS) is 1. The monoisotopic (exact) mass is 267 g/mol. The molecule has 0 aromatic carbocycles. The van der Waals surface area contributed by atoms with Crippen LogP contribution in [0.5, 0.6) is 0 Å². The maximum atomic E-state index is 11.2. The fourth-order valence-electron chi connectivity index (χ4n) is 2.95. The van der Waals surface area contributed by atoms with Crippen molar-refractivity contribution in [1.82, 2.24) is 9.36 Å². The molecule has 1 aromatic heterocycles. The molecular weight excluding hydrogens is 250 g/mol. The molecule has 2 aliphatic rings. The Hall–Kier alpha value is -1.17. The number of carbonyl (C=O) groups is 1. The lowest BCUT2D eigenvalue weighted by atomic mass is 10.1. The summed E-state index contributed by atoms with van der Waals surface area (Å²) in [6.45, 7) is 0.788. The van der Waals surface area contributed by atoms with Crippen LogP contribution in [0.4, 0.5) is 5.13 Å². The molecule has 1 saturated heterocycles. The highest BCUT2D eigenvalue weighted by molar-refractivity contribution is 7.09. The summed E-state index contributed by atoms with van der Waals surface area (Å²) < 4.78 is 4.43. The van der Waals surface area contributed by atoms with E-state index in [9.17, 15) is 9.90 Å². The summed E-state index contributed by atoms with van der Waals surface area (Å²) in [5.41, 5.74) is 0. The van der Waals surface area contributed by atoms with E-state index in [4.69, 9.17) is 0 Å². The van der Waals surface area contributed by atoms with Gasteiger partial charge < -0.3 is 10.0 Å². The molecule has 18 heavy (non-hydrogen) atoms. The summed E-state index contributed by atoms with van der Waals surface area (Å²) in [7, 11) is 0. The van der Waals surface area contributed by atoms with Crippen molar-refractivity contribution in [3.63, 3.8) is 0 Å². The number of rotatable bonds is 3. The molecule has 1 aromatic rings. The second kappa shape index (κ2) is 4.84.